The van der Waals surface area contributed by atoms with Crippen molar-refractivity contribution in [3.8, 4) is 5.75 Å². The van der Waals surface area contributed by atoms with Gasteiger partial charge in [-0.2, -0.15) is 0 Å². The third kappa shape index (κ3) is 4.09. The number of hydrogen-bond acceptors (Lipinski definition) is 6. The summed E-state index contributed by atoms with van der Waals surface area (Å²) < 4.78 is 5.26. The molecular formula is C21H27N5O2. The predicted octanol–water partition coefficient (Wildman–Crippen LogP) is 1.97. The molecule has 4 rings (SSSR count). The van der Waals surface area contributed by atoms with Gasteiger partial charge in [-0.1, -0.05) is 12.1 Å². The summed E-state index contributed by atoms with van der Waals surface area (Å²) in [7, 11) is 1.68. The van der Waals surface area contributed by atoms with Crippen molar-refractivity contribution in [2.24, 2.45) is 0 Å². The lowest BCUT2D eigenvalue weighted by Gasteiger charge is -2.36. The summed E-state index contributed by atoms with van der Waals surface area (Å²) in [5.41, 5.74) is 1.26. The Kier molecular flexibility index (Phi) is 5.71. The molecule has 0 radical (unpaired) electrons. The summed E-state index contributed by atoms with van der Waals surface area (Å²) in [6, 6.07) is 10.4. The highest BCUT2D eigenvalue weighted by atomic mass is 16.5. The average molecular weight is 381 g/mol. The number of amides is 1. The topological polar surface area (TPSA) is 61.8 Å². The van der Waals surface area contributed by atoms with Crippen molar-refractivity contribution in [2.45, 2.75) is 18.9 Å². The molecule has 28 heavy (non-hydrogen) atoms. The Morgan fingerprint density at radius 3 is 2.46 bits per heavy atom. The number of rotatable bonds is 5. The van der Waals surface area contributed by atoms with Crippen LogP contribution >= 0.6 is 0 Å². The molecule has 0 N–H and O–H groups in total. The van der Waals surface area contributed by atoms with Crippen LogP contribution in [0.3, 0.4) is 0 Å². The van der Waals surface area contributed by atoms with Crippen LogP contribution in [0.4, 0.5) is 5.95 Å². The lowest BCUT2D eigenvalue weighted by atomic mass is 10.0. The standard InChI is InChI=1S/C21H27N5O2/c1-28-18-7-5-17(6-8-18)19-4-2-11-26(19)16-20(27)24-12-14-25(15-13-24)21-22-9-3-10-23-21/h3,5-10,19H,2,4,11-16H2,1H3/t19-/m0/s1. The number of carbonyl (C=O) groups is 1. The molecule has 1 amide bonds. The Morgan fingerprint density at radius 1 is 1.07 bits per heavy atom. The van der Waals surface area contributed by atoms with Gasteiger partial charge in [0.05, 0.1) is 13.7 Å². The number of methoxy groups -OCH3 is 1. The molecule has 1 atom stereocenters. The third-order valence-electron chi connectivity index (χ3n) is 5.67. The molecule has 2 aromatic rings. The van der Waals surface area contributed by atoms with Gasteiger partial charge in [-0.05, 0) is 43.1 Å². The summed E-state index contributed by atoms with van der Waals surface area (Å²) >= 11 is 0. The van der Waals surface area contributed by atoms with Crippen LogP contribution in [-0.2, 0) is 4.79 Å². The third-order valence-corrected chi connectivity index (χ3v) is 5.67. The van der Waals surface area contributed by atoms with Gasteiger partial charge in [0.2, 0.25) is 11.9 Å². The number of piperazine rings is 1. The second-order valence-corrected chi connectivity index (χ2v) is 7.32. The van der Waals surface area contributed by atoms with Crippen LogP contribution < -0.4 is 9.64 Å². The van der Waals surface area contributed by atoms with Crippen LogP contribution in [0.15, 0.2) is 42.7 Å². The number of nitrogens with zero attached hydrogens (tertiary/aromatic N) is 5. The predicted molar refractivity (Wildman–Crippen MR) is 107 cm³/mol. The second-order valence-electron chi connectivity index (χ2n) is 7.32. The van der Waals surface area contributed by atoms with E-state index in [0.717, 1.165) is 57.3 Å². The SMILES string of the molecule is COc1ccc([C@@H]2CCCN2CC(=O)N2CCN(c3ncccn3)CC2)cc1. The largest absolute Gasteiger partial charge is 0.497 e. The van der Waals surface area contributed by atoms with E-state index < -0.39 is 0 Å². The molecule has 0 spiro atoms. The quantitative estimate of drug-likeness (QED) is 0.789. The first-order chi connectivity index (χ1) is 13.7. The summed E-state index contributed by atoms with van der Waals surface area (Å²) in [5.74, 6) is 1.83. The van der Waals surface area contributed by atoms with E-state index in [1.54, 1.807) is 19.5 Å². The molecule has 1 aromatic heterocycles. The zero-order valence-corrected chi connectivity index (χ0v) is 16.3. The Labute approximate surface area is 165 Å². The van der Waals surface area contributed by atoms with Crippen molar-refractivity contribution < 1.29 is 9.53 Å². The fourth-order valence-corrected chi connectivity index (χ4v) is 4.10. The van der Waals surface area contributed by atoms with Gasteiger partial charge in [0.25, 0.3) is 0 Å². The number of benzene rings is 1. The van der Waals surface area contributed by atoms with E-state index in [-0.39, 0.29) is 5.91 Å². The number of aromatic nitrogens is 2. The first kappa shape index (κ1) is 18.7. The normalized spacial score (nSPS) is 20.4. The van der Waals surface area contributed by atoms with E-state index in [4.69, 9.17) is 4.74 Å². The fraction of sp³-hybridized carbons (Fsp3) is 0.476. The van der Waals surface area contributed by atoms with Crippen molar-refractivity contribution in [1.82, 2.24) is 19.8 Å². The number of hydrogen-bond donors (Lipinski definition) is 0. The van der Waals surface area contributed by atoms with Gasteiger partial charge in [0, 0.05) is 44.6 Å². The van der Waals surface area contributed by atoms with E-state index in [0.29, 0.717) is 12.6 Å². The lowest BCUT2D eigenvalue weighted by molar-refractivity contribution is -0.133. The van der Waals surface area contributed by atoms with Gasteiger partial charge in [-0.25, -0.2) is 9.97 Å². The molecule has 2 fully saturated rings. The van der Waals surface area contributed by atoms with Gasteiger partial charge in [-0.15, -0.1) is 0 Å². The molecule has 0 unspecified atom stereocenters. The molecule has 1 aromatic carbocycles. The number of ether oxygens (including phenoxy) is 1. The van der Waals surface area contributed by atoms with Gasteiger partial charge in [0.1, 0.15) is 5.75 Å². The van der Waals surface area contributed by atoms with Crippen LogP contribution in [0.5, 0.6) is 5.75 Å². The molecule has 0 aliphatic carbocycles. The zero-order valence-electron chi connectivity index (χ0n) is 16.3. The molecule has 2 aliphatic rings. The molecular weight excluding hydrogens is 354 g/mol. The van der Waals surface area contributed by atoms with E-state index in [9.17, 15) is 4.79 Å². The van der Waals surface area contributed by atoms with Crippen LogP contribution in [0, 0.1) is 0 Å². The van der Waals surface area contributed by atoms with Gasteiger partial charge < -0.3 is 14.5 Å². The Hall–Kier alpha value is -2.67. The van der Waals surface area contributed by atoms with Crippen LogP contribution in [0.1, 0.15) is 24.4 Å². The zero-order chi connectivity index (χ0) is 19.3. The van der Waals surface area contributed by atoms with Crippen LogP contribution in [0.25, 0.3) is 0 Å². The maximum absolute atomic E-state index is 12.9. The van der Waals surface area contributed by atoms with E-state index in [2.05, 4.69) is 31.9 Å². The van der Waals surface area contributed by atoms with Crippen molar-refractivity contribution in [3.63, 3.8) is 0 Å². The first-order valence-electron chi connectivity index (χ1n) is 9.92. The number of carbonyl (C=O) groups excluding carboxylic acids is 1. The van der Waals surface area contributed by atoms with Gasteiger partial charge >= 0.3 is 0 Å². The van der Waals surface area contributed by atoms with Crippen LogP contribution in [0.2, 0.25) is 0 Å². The fourth-order valence-electron chi connectivity index (χ4n) is 4.10. The minimum absolute atomic E-state index is 0.217. The maximum atomic E-state index is 12.9. The molecule has 2 aliphatic heterocycles. The summed E-state index contributed by atoms with van der Waals surface area (Å²) in [4.78, 5) is 27.9. The highest BCUT2D eigenvalue weighted by Crippen LogP contribution is 2.32. The van der Waals surface area contributed by atoms with Crippen molar-refractivity contribution in [1.29, 1.82) is 0 Å². The molecule has 2 saturated heterocycles. The van der Waals surface area contributed by atoms with E-state index >= 15 is 0 Å². The van der Waals surface area contributed by atoms with Crippen LogP contribution in [-0.4, -0.2) is 72.1 Å². The summed E-state index contributed by atoms with van der Waals surface area (Å²) in [5, 5.41) is 0. The summed E-state index contributed by atoms with van der Waals surface area (Å²) in [6.45, 7) is 4.45. The average Bonchev–Trinajstić information content (AvgIpc) is 3.22. The Balaban J connectivity index is 1.33. The smallest absolute Gasteiger partial charge is 0.236 e. The van der Waals surface area contributed by atoms with Gasteiger partial charge in [0.15, 0.2) is 0 Å². The van der Waals surface area contributed by atoms with Crippen molar-refractivity contribution in [2.75, 3.05) is 51.3 Å². The van der Waals surface area contributed by atoms with E-state index in [1.807, 2.05) is 23.1 Å². The Bertz CT molecular complexity index is 775. The van der Waals surface area contributed by atoms with Crippen molar-refractivity contribution >= 4 is 11.9 Å². The minimum atomic E-state index is 0.217. The molecule has 7 heteroatoms. The highest BCUT2D eigenvalue weighted by molar-refractivity contribution is 5.78. The molecule has 7 nitrogen and oxygen atoms in total. The maximum Gasteiger partial charge on any atom is 0.236 e. The summed E-state index contributed by atoms with van der Waals surface area (Å²) in [6.07, 6.45) is 5.74. The molecule has 148 valence electrons. The van der Waals surface area contributed by atoms with E-state index in [1.165, 1.54) is 5.56 Å². The lowest BCUT2D eigenvalue weighted by Crippen LogP contribution is -2.51. The highest BCUT2D eigenvalue weighted by Gasteiger charge is 2.30. The van der Waals surface area contributed by atoms with Crippen molar-refractivity contribution in [3.05, 3.63) is 48.3 Å². The Morgan fingerprint density at radius 2 is 1.79 bits per heavy atom. The second kappa shape index (κ2) is 8.56. The minimum Gasteiger partial charge on any atom is -0.497 e. The first-order valence-corrected chi connectivity index (χ1v) is 9.92. The number of likely N-dealkylation sites (tertiary alicyclic amines) is 1. The van der Waals surface area contributed by atoms with Gasteiger partial charge in [-0.3, -0.25) is 9.69 Å². The number of anilines is 1. The molecule has 0 bridgehead atoms. The monoisotopic (exact) mass is 381 g/mol. The molecule has 3 heterocycles. The molecule has 0 saturated carbocycles.